The molecule has 0 aliphatic heterocycles. The summed E-state index contributed by atoms with van der Waals surface area (Å²) in [5.41, 5.74) is 1.87. The molecule has 0 fully saturated rings. The predicted molar refractivity (Wildman–Crippen MR) is 103 cm³/mol. The summed E-state index contributed by atoms with van der Waals surface area (Å²) in [6.45, 7) is 2.44. The maximum Gasteiger partial charge on any atom is 0.279 e. The van der Waals surface area contributed by atoms with Crippen molar-refractivity contribution in [3.05, 3.63) is 90.5 Å². The van der Waals surface area contributed by atoms with Crippen LogP contribution in [0.4, 0.5) is 5.69 Å². The van der Waals surface area contributed by atoms with Crippen molar-refractivity contribution >= 4 is 11.6 Å². The Bertz CT molecular complexity index is 835. The van der Waals surface area contributed by atoms with Gasteiger partial charge in [-0.1, -0.05) is 60.7 Å². The van der Waals surface area contributed by atoms with E-state index in [0.717, 1.165) is 5.75 Å². The van der Waals surface area contributed by atoms with Crippen LogP contribution in [0.2, 0.25) is 0 Å². The lowest BCUT2D eigenvalue weighted by molar-refractivity contribution is -0.682. The number of nitrogens with one attached hydrogen (secondary N) is 1. The topological polar surface area (TPSA) is 54.9 Å². The van der Waals surface area contributed by atoms with Crippen molar-refractivity contribution in [1.82, 2.24) is 0 Å². The number of quaternary nitrogens is 1. The molecule has 0 spiro atoms. The average Bonchev–Trinajstić information content (AvgIpc) is 2.69. The number of hydrogen-bond acceptors (Lipinski definition) is 2. The molecular formula is C22H23N2O2+. The van der Waals surface area contributed by atoms with Gasteiger partial charge in [0.25, 0.3) is 5.91 Å². The Morgan fingerprint density at radius 1 is 0.923 bits per heavy atom. The van der Waals surface area contributed by atoms with Gasteiger partial charge in [0, 0.05) is 5.56 Å². The fraction of sp³-hybridized carbons (Fsp3) is 0.136. The van der Waals surface area contributed by atoms with E-state index in [1.165, 1.54) is 5.56 Å². The number of anilines is 1. The van der Waals surface area contributed by atoms with E-state index in [9.17, 15) is 4.79 Å². The van der Waals surface area contributed by atoms with Crippen molar-refractivity contribution < 1.29 is 14.8 Å². The molecule has 132 valence electrons. The molecule has 3 aromatic carbocycles. The van der Waals surface area contributed by atoms with E-state index >= 15 is 0 Å². The second-order valence-corrected chi connectivity index (χ2v) is 6.10. The first kappa shape index (κ1) is 17.7. The number of para-hydroxylation sites is 3. The average molecular weight is 347 g/mol. The van der Waals surface area contributed by atoms with Crippen LogP contribution in [0.25, 0.3) is 0 Å². The quantitative estimate of drug-likeness (QED) is 0.684. The zero-order valence-electron chi connectivity index (χ0n) is 14.8. The molecule has 4 nitrogen and oxygen atoms in total. The number of rotatable bonds is 7. The first-order valence-electron chi connectivity index (χ1n) is 8.72. The normalized spacial score (nSPS) is 11.6. The predicted octanol–water partition coefficient (Wildman–Crippen LogP) is 3.74. The molecule has 0 bridgehead atoms. The van der Waals surface area contributed by atoms with Crippen LogP contribution < -0.4 is 15.4 Å². The third-order valence-electron chi connectivity index (χ3n) is 4.11. The first-order valence-corrected chi connectivity index (χ1v) is 8.72. The van der Waals surface area contributed by atoms with Crippen LogP contribution in [0.15, 0.2) is 84.9 Å². The molecule has 3 aromatic rings. The summed E-state index contributed by atoms with van der Waals surface area (Å²) in [7, 11) is 0. The van der Waals surface area contributed by atoms with Crippen LogP contribution >= 0.6 is 0 Å². The molecule has 0 aromatic heterocycles. The van der Waals surface area contributed by atoms with Crippen molar-refractivity contribution in [1.29, 1.82) is 0 Å². The molecule has 1 atom stereocenters. The van der Waals surface area contributed by atoms with E-state index in [1.54, 1.807) is 0 Å². The molecular weight excluding hydrogens is 324 g/mol. The van der Waals surface area contributed by atoms with E-state index in [2.05, 4.69) is 24.4 Å². The molecule has 0 aliphatic rings. The Labute approximate surface area is 153 Å². The van der Waals surface area contributed by atoms with Gasteiger partial charge in [0.15, 0.2) is 12.3 Å². The minimum atomic E-state index is -0.0584. The number of benzene rings is 3. The third kappa shape index (κ3) is 4.94. The molecule has 3 rings (SSSR count). The van der Waals surface area contributed by atoms with Gasteiger partial charge in [-0.15, -0.1) is 0 Å². The molecule has 0 saturated carbocycles. The Hall–Kier alpha value is -3.11. The van der Waals surface area contributed by atoms with Gasteiger partial charge >= 0.3 is 0 Å². The maximum absolute atomic E-state index is 12.4. The lowest BCUT2D eigenvalue weighted by Gasteiger charge is -2.13. The number of carbonyl (C=O) groups excluding carboxylic acids is 1. The molecule has 0 heterocycles. The second kappa shape index (κ2) is 8.83. The number of hydrogen-bond donors (Lipinski definition) is 2. The van der Waals surface area contributed by atoms with Gasteiger partial charge in [-0.2, -0.15) is 0 Å². The minimum absolute atomic E-state index is 0.0584. The number of nitrogens with two attached hydrogens (primary N) is 1. The van der Waals surface area contributed by atoms with Crippen molar-refractivity contribution in [3.8, 4) is 11.5 Å². The van der Waals surface area contributed by atoms with Crippen molar-refractivity contribution in [2.24, 2.45) is 0 Å². The molecule has 0 saturated heterocycles. The first-order chi connectivity index (χ1) is 12.7. The van der Waals surface area contributed by atoms with E-state index in [4.69, 9.17) is 4.74 Å². The second-order valence-electron chi connectivity index (χ2n) is 6.10. The lowest BCUT2D eigenvalue weighted by Crippen LogP contribution is -2.86. The molecule has 4 heteroatoms. The van der Waals surface area contributed by atoms with Gasteiger partial charge in [0.2, 0.25) is 0 Å². The number of carbonyl (C=O) groups is 1. The van der Waals surface area contributed by atoms with Crippen LogP contribution in [0.1, 0.15) is 18.5 Å². The highest BCUT2D eigenvalue weighted by atomic mass is 16.5. The van der Waals surface area contributed by atoms with Crippen molar-refractivity contribution in [2.75, 3.05) is 11.9 Å². The van der Waals surface area contributed by atoms with Gasteiger partial charge in [-0.05, 0) is 31.2 Å². The molecule has 3 N–H and O–H groups in total. The lowest BCUT2D eigenvalue weighted by atomic mass is 10.1. The van der Waals surface area contributed by atoms with Crippen molar-refractivity contribution in [2.45, 2.75) is 13.0 Å². The fourth-order valence-corrected chi connectivity index (χ4v) is 2.65. The Morgan fingerprint density at radius 3 is 2.27 bits per heavy atom. The zero-order valence-corrected chi connectivity index (χ0v) is 14.8. The van der Waals surface area contributed by atoms with Gasteiger partial charge in [-0.25, -0.2) is 0 Å². The van der Waals surface area contributed by atoms with E-state index in [0.29, 0.717) is 18.0 Å². The summed E-state index contributed by atoms with van der Waals surface area (Å²) in [4.78, 5) is 12.4. The number of ether oxygens (including phenoxy) is 1. The van der Waals surface area contributed by atoms with Gasteiger partial charge in [-0.3, -0.25) is 4.79 Å². The molecule has 0 unspecified atom stereocenters. The highest BCUT2D eigenvalue weighted by Gasteiger charge is 2.13. The molecule has 0 aliphatic carbocycles. The minimum Gasteiger partial charge on any atom is -0.455 e. The fourth-order valence-electron chi connectivity index (χ4n) is 2.65. The Kier molecular flexibility index (Phi) is 6.01. The van der Waals surface area contributed by atoms with Gasteiger partial charge in [0.1, 0.15) is 11.8 Å². The summed E-state index contributed by atoms with van der Waals surface area (Å²) < 4.78 is 5.88. The summed E-state index contributed by atoms with van der Waals surface area (Å²) in [6.07, 6.45) is 0. The largest absolute Gasteiger partial charge is 0.455 e. The molecule has 26 heavy (non-hydrogen) atoms. The van der Waals surface area contributed by atoms with Crippen molar-refractivity contribution in [3.63, 3.8) is 0 Å². The van der Waals surface area contributed by atoms with Crippen LogP contribution in [0, 0.1) is 0 Å². The number of amides is 1. The summed E-state index contributed by atoms with van der Waals surface area (Å²) in [6, 6.07) is 27.4. The van der Waals surface area contributed by atoms with Crippen LogP contribution in [0.5, 0.6) is 11.5 Å². The van der Waals surface area contributed by atoms with Crippen LogP contribution in [-0.2, 0) is 4.79 Å². The Balaban J connectivity index is 1.59. The van der Waals surface area contributed by atoms with E-state index < -0.39 is 0 Å². The highest BCUT2D eigenvalue weighted by molar-refractivity contribution is 5.92. The monoisotopic (exact) mass is 347 g/mol. The SMILES string of the molecule is C[C@H]([NH2+]CC(=O)Nc1ccccc1Oc1ccccc1)c1ccccc1. The summed E-state index contributed by atoms with van der Waals surface area (Å²) >= 11 is 0. The summed E-state index contributed by atoms with van der Waals surface area (Å²) in [5.74, 6) is 1.30. The Morgan fingerprint density at radius 2 is 1.54 bits per heavy atom. The smallest absolute Gasteiger partial charge is 0.279 e. The van der Waals surface area contributed by atoms with Gasteiger partial charge in [0.05, 0.1) is 5.69 Å². The third-order valence-corrected chi connectivity index (χ3v) is 4.11. The molecule has 0 radical (unpaired) electrons. The van der Waals surface area contributed by atoms with E-state index in [1.807, 2.05) is 78.1 Å². The van der Waals surface area contributed by atoms with Crippen LogP contribution in [0.3, 0.4) is 0 Å². The summed E-state index contributed by atoms with van der Waals surface area (Å²) in [5, 5.41) is 4.96. The van der Waals surface area contributed by atoms with Crippen LogP contribution in [-0.4, -0.2) is 12.5 Å². The zero-order chi connectivity index (χ0) is 18.2. The molecule has 1 amide bonds. The van der Waals surface area contributed by atoms with E-state index in [-0.39, 0.29) is 11.9 Å². The maximum atomic E-state index is 12.4. The standard InChI is InChI=1S/C22H22N2O2/c1-17(18-10-4-2-5-11-18)23-16-22(25)24-20-14-8-9-15-21(20)26-19-12-6-3-7-13-19/h2-15,17,23H,16H2,1H3,(H,24,25)/p+1/t17-/m0/s1. The highest BCUT2D eigenvalue weighted by Crippen LogP contribution is 2.28. The van der Waals surface area contributed by atoms with Gasteiger partial charge < -0.3 is 15.4 Å².